The Labute approximate surface area is 180 Å². The van der Waals surface area contributed by atoms with E-state index < -0.39 is 15.9 Å². The minimum absolute atomic E-state index is 0.00249. The largest absolute Gasteiger partial charge is 0.488 e. The molecule has 3 aromatic rings. The predicted octanol–water partition coefficient (Wildman–Crippen LogP) is 4.91. The van der Waals surface area contributed by atoms with Crippen LogP contribution < -0.4 is 9.46 Å². The molecule has 5 nitrogen and oxygen atoms in total. The van der Waals surface area contributed by atoms with Crippen LogP contribution >= 0.6 is 31.9 Å². The summed E-state index contributed by atoms with van der Waals surface area (Å²) in [5, 5.41) is 0. The summed E-state index contributed by atoms with van der Waals surface area (Å²) in [6.07, 6.45) is 0. The molecule has 0 atom stereocenters. The van der Waals surface area contributed by atoms with Gasteiger partial charge in [-0.25, -0.2) is 13.1 Å². The number of sulfonamides is 1. The third kappa shape index (κ3) is 5.21. The van der Waals surface area contributed by atoms with E-state index in [9.17, 15) is 13.2 Å². The maximum atomic E-state index is 12.6. The summed E-state index contributed by atoms with van der Waals surface area (Å²) < 4.78 is 34.4. The molecular weight excluding hydrogens is 510 g/mol. The number of halogens is 2. The van der Waals surface area contributed by atoms with E-state index in [4.69, 9.17) is 4.74 Å². The normalized spacial score (nSPS) is 11.1. The number of benzene rings is 3. The summed E-state index contributed by atoms with van der Waals surface area (Å²) in [7, 11) is -3.99. The van der Waals surface area contributed by atoms with Gasteiger partial charge in [-0.05, 0) is 54.1 Å². The van der Waals surface area contributed by atoms with Crippen molar-refractivity contribution in [1.82, 2.24) is 4.72 Å². The predicted molar refractivity (Wildman–Crippen MR) is 114 cm³/mol. The van der Waals surface area contributed by atoms with Crippen LogP contribution in [-0.4, -0.2) is 14.3 Å². The van der Waals surface area contributed by atoms with Gasteiger partial charge in [0.15, 0.2) is 0 Å². The van der Waals surface area contributed by atoms with Crippen molar-refractivity contribution in [2.24, 2.45) is 0 Å². The summed E-state index contributed by atoms with van der Waals surface area (Å²) in [6, 6.07) is 20.1. The number of amides is 1. The monoisotopic (exact) mass is 523 g/mol. The van der Waals surface area contributed by atoms with Crippen molar-refractivity contribution in [2.45, 2.75) is 11.5 Å². The molecule has 8 heteroatoms. The van der Waals surface area contributed by atoms with Gasteiger partial charge in [-0.3, -0.25) is 4.79 Å². The fraction of sp³-hybridized carbons (Fsp3) is 0.0500. The van der Waals surface area contributed by atoms with E-state index >= 15 is 0 Å². The molecule has 1 amide bonds. The van der Waals surface area contributed by atoms with Gasteiger partial charge in [0.25, 0.3) is 15.9 Å². The van der Waals surface area contributed by atoms with Crippen LogP contribution in [0.4, 0.5) is 0 Å². The molecule has 3 aromatic carbocycles. The number of hydrogen-bond acceptors (Lipinski definition) is 4. The van der Waals surface area contributed by atoms with Crippen molar-refractivity contribution in [1.29, 1.82) is 0 Å². The van der Waals surface area contributed by atoms with E-state index in [-0.39, 0.29) is 17.1 Å². The van der Waals surface area contributed by atoms with Crippen molar-refractivity contribution < 1.29 is 17.9 Å². The molecule has 0 aliphatic heterocycles. The van der Waals surface area contributed by atoms with Gasteiger partial charge in [0, 0.05) is 8.95 Å². The highest BCUT2D eigenvalue weighted by atomic mass is 79.9. The second-order valence-corrected chi connectivity index (χ2v) is 9.31. The summed E-state index contributed by atoms with van der Waals surface area (Å²) in [5.74, 6) is -0.455. The van der Waals surface area contributed by atoms with Gasteiger partial charge in [0.1, 0.15) is 12.4 Å². The first-order chi connectivity index (χ1) is 13.3. The third-order valence-electron chi connectivity index (χ3n) is 3.79. The first kappa shape index (κ1) is 20.6. The number of rotatable bonds is 6. The second-order valence-electron chi connectivity index (χ2n) is 5.80. The molecular formula is C20H15Br2NO4S. The number of carbonyl (C=O) groups is 1. The summed E-state index contributed by atoms with van der Waals surface area (Å²) in [4.78, 5) is 12.6. The Morgan fingerprint density at radius 3 is 2.07 bits per heavy atom. The van der Waals surface area contributed by atoms with Gasteiger partial charge in [0.05, 0.1) is 10.5 Å². The van der Waals surface area contributed by atoms with Crippen molar-refractivity contribution in [3.63, 3.8) is 0 Å². The Morgan fingerprint density at radius 1 is 0.857 bits per heavy atom. The Balaban J connectivity index is 1.76. The highest BCUT2D eigenvalue weighted by molar-refractivity contribution is 9.10. The fourth-order valence-corrected chi connectivity index (χ4v) is 3.87. The van der Waals surface area contributed by atoms with E-state index in [1.807, 2.05) is 24.3 Å². The number of para-hydroxylation sites is 1. The van der Waals surface area contributed by atoms with Crippen LogP contribution in [0.15, 0.2) is 86.6 Å². The van der Waals surface area contributed by atoms with Gasteiger partial charge >= 0.3 is 0 Å². The van der Waals surface area contributed by atoms with Crippen molar-refractivity contribution in [2.75, 3.05) is 0 Å². The lowest BCUT2D eigenvalue weighted by atomic mass is 10.2. The first-order valence-electron chi connectivity index (χ1n) is 8.14. The molecule has 28 heavy (non-hydrogen) atoms. The Kier molecular flexibility index (Phi) is 6.53. The molecule has 0 bridgehead atoms. The lowest BCUT2D eigenvalue weighted by molar-refractivity contribution is 0.0977. The van der Waals surface area contributed by atoms with Crippen molar-refractivity contribution in [3.8, 4) is 5.75 Å². The van der Waals surface area contributed by atoms with E-state index in [0.717, 1.165) is 14.5 Å². The molecule has 0 fully saturated rings. The zero-order chi connectivity index (χ0) is 20.1. The molecule has 0 saturated heterocycles. The summed E-state index contributed by atoms with van der Waals surface area (Å²) in [6.45, 7) is 0.247. The van der Waals surface area contributed by atoms with Gasteiger partial charge in [-0.15, -0.1) is 0 Å². The highest BCUT2D eigenvalue weighted by Crippen LogP contribution is 2.21. The van der Waals surface area contributed by atoms with Gasteiger partial charge in [-0.1, -0.05) is 56.1 Å². The van der Waals surface area contributed by atoms with Crippen LogP contribution in [0.3, 0.4) is 0 Å². The minimum Gasteiger partial charge on any atom is -0.488 e. The Morgan fingerprint density at radius 2 is 1.43 bits per heavy atom. The Bertz CT molecular complexity index is 1080. The Hall–Kier alpha value is -2.16. The zero-order valence-corrected chi connectivity index (χ0v) is 18.4. The van der Waals surface area contributed by atoms with Crippen LogP contribution in [-0.2, 0) is 16.6 Å². The molecule has 0 heterocycles. The molecule has 0 aromatic heterocycles. The summed E-state index contributed by atoms with van der Waals surface area (Å²) in [5.41, 5.74) is 1.06. The molecule has 144 valence electrons. The van der Waals surface area contributed by atoms with Gasteiger partial charge in [-0.2, -0.15) is 0 Å². The van der Waals surface area contributed by atoms with Crippen LogP contribution in [0.25, 0.3) is 0 Å². The number of ether oxygens (including phenoxy) is 1. The molecule has 3 rings (SSSR count). The molecule has 0 aliphatic rings. The zero-order valence-electron chi connectivity index (χ0n) is 14.4. The molecule has 0 spiro atoms. The third-order valence-corrected chi connectivity index (χ3v) is 6.19. The van der Waals surface area contributed by atoms with Crippen molar-refractivity contribution in [3.05, 3.63) is 92.9 Å². The van der Waals surface area contributed by atoms with Gasteiger partial charge < -0.3 is 4.74 Å². The van der Waals surface area contributed by atoms with Crippen molar-refractivity contribution >= 4 is 47.8 Å². The maximum Gasteiger partial charge on any atom is 0.268 e. The molecule has 0 unspecified atom stereocenters. The number of nitrogens with one attached hydrogen (secondary N) is 1. The topological polar surface area (TPSA) is 72.5 Å². The quantitative estimate of drug-likeness (QED) is 0.497. The highest BCUT2D eigenvalue weighted by Gasteiger charge is 2.21. The first-order valence-corrected chi connectivity index (χ1v) is 11.2. The van der Waals surface area contributed by atoms with E-state index in [0.29, 0.717) is 5.75 Å². The van der Waals surface area contributed by atoms with E-state index in [1.54, 1.807) is 30.3 Å². The van der Waals surface area contributed by atoms with E-state index in [2.05, 4.69) is 36.6 Å². The smallest absolute Gasteiger partial charge is 0.268 e. The minimum atomic E-state index is -3.99. The van der Waals surface area contributed by atoms with Crippen LogP contribution in [0.5, 0.6) is 5.75 Å². The molecule has 1 N–H and O–H groups in total. The molecule has 0 aliphatic carbocycles. The molecule has 0 radical (unpaired) electrons. The van der Waals surface area contributed by atoms with Gasteiger partial charge in [0.2, 0.25) is 0 Å². The average Bonchev–Trinajstić information content (AvgIpc) is 2.68. The average molecular weight is 525 g/mol. The SMILES string of the molecule is O=C(NS(=O)(=O)c1ccc(Br)cc1)c1ccccc1OCc1ccc(Br)cc1. The van der Waals surface area contributed by atoms with E-state index in [1.165, 1.54) is 18.2 Å². The molecule has 0 saturated carbocycles. The lowest BCUT2D eigenvalue weighted by Gasteiger charge is -2.12. The standard InChI is InChI=1S/C20H15Br2NO4S/c21-15-7-5-14(6-8-15)13-27-19-4-2-1-3-18(19)20(24)23-28(25,26)17-11-9-16(22)10-12-17/h1-12H,13H2,(H,23,24). The maximum absolute atomic E-state index is 12.6. The van der Waals surface area contributed by atoms with Crippen LogP contribution in [0, 0.1) is 0 Å². The lowest BCUT2D eigenvalue weighted by Crippen LogP contribution is -2.30. The number of carbonyl (C=O) groups excluding carboxylic acids is 1. The second kappa shape index (κ2) is 8.89. The fourth-order valence-electron chi connectivity index (χ4n) is 2.37. The summed E-state index contributed by atoms with van der Waals surface area (Å²) >= 11 is 6.62. The number of hydrogen-bond donors (Lipinski definition) is 1. The van der Waals surface area contributed by atoms with Crippen LogP contribution in [0.1, 0.15) is 15.9 Å². The van der Waals surface area contributed by atoms with Crippen LogP contribution in [0.2, 0.25) is 0 Å².